The topological polar surface area (TPSA) is 29.9 Å². The van der Waals surface area contributed by atoms with E-state index in [1.807, 2.05) is 11.7 Å². The summed E-state index contributed by atoms with van der Waals surface area (Å²) in [6, 6.07) is 0. The highest BCUT2D eigenvalue weighted by molar-refractivity contribution is 6.31. The summed E-state index contributed by atoms with van der Waals surface area (Å²) in [7, 11) is 1.97. The van der Waals surface area contributed by atoms with Crippen LogP contribution in [0.1, 0.15) is 44.0 Å². The van der Waals surface area contributed by atoms with Crippen LogP contribution in [0.25, 0.3) is 0 Å². The Morgan fingerprint density at radius 3 is 2.76 bits per heavy atom. The highest BCUT2D eigenvalue weighted by Gasteiger charge is 2.17. The summed E-state index contributed by atoms with van der Waals surface area (Å²) in [4.78, 5) is 0. The molecule has 2 rings (SSSR count). The molecule has 0 radical (unpaired) electrons. The molecule has 3 nitrogen and oxygen atoms in total. The highest BCUT2D eigenvalue weighted by atomic mass is 35.5. The van der Waals surface area contributed by atoms with E-state index in [4.69, 9.17) is 11.6 Å². The lowest BCUT2D eigenvalue weighted by Crippen LogP contribution is -2.22. The van der Waals surface area contributed by atoms with Crippen LogP contribution in [0.2, 0.25) is 5.02 Å². The van der Waals surface area contributed by atoms with Crippen LogP contribution in [0.15, 0.2) is 0 Å². The minimum absolute atomic E-state index is 0.828. The van der Waals surface area contributed by atoms with Gasteiger partial charge >= 0.3 is 0 Å². The van der Waals surface area contributed by atoms with Gasteiger partial charge in [-0.1, -0.05) is 37.8 Å². The third-order valence-electron chi connectivity index (χ3n) is 3.75. The van der Waals surface area contributed by atoms with Gasteiger partial charge in [0, 0.05) is 13.6 Å². The van der Waals surface area contributed by atoms with E-state index in [0.717, 1.165) is 41.8 Å². The molecule has 0 saturated heterocycles. The van der Waals surface area contributed by atoms with Gasteiger partial charge in [-0.05, 0) is 25.3 Å². The zero-order chi connectivity index (χ0) is 12.3. The molecule has 1 heterocycles. The zero-order valence-corrected chi connectivity index (χ0v) is 11.6. The number of aryl methyl sites for hydroxylation is 2. The second-order valence-corrected chi connectivity index (χ2v) is 5.32. The zero-order valence-electron chi connectivity index (χ0n) is 10.8. The Morgan fingerprint density at radius 2 is 2.24 bits per heavy atom. The predicted molar refractivity (Wildman–Crippen MR) is 71.3 cm³/mol. The summed E-state index contributed by atoms with van der Waals surface area (Å²) in [5, 5.41) is 8.73. The van der Waals surface area contributed by atoms with Gasteiger partial charge in [0.1, 0.15) is 0 Å². The molecule has 0 amide bonds. The van der Waals surface area contributed by atoms with Crippen molar-refractivity contribution in [2.24, 2.45) is 13.0 Å². The molecule has 4 heteroatoms. The highest BCUT2D eigenvalue weighted by Crippen LogP contribution is 2.28. The number of aromatic nitrogens is 2. The fraction of sp³-hybridized carbons (Fsp3) is 0.769. The van der Waals surface area contributed by atoms with E-state index >= 15 is 0 Å². The SMILES string of the molecule is CCc1nn(C)c(CNCCC2CCC2)c1Cl. The second-order valence-electron chi connectivity index (χ2n) is 4.95. The Balaban J connectivity index is 1.79. The van der Waals surface area contributed by atoms with Gasteiger partial charge in [0.2, 0.25) is 0 Å². The third kappa shape index (κ3) is 3.02. The van der Waals surface area contributed by atoms with Crippen LogP contribution in [0.3, 0.4) is 0 Å². The molecule has 1 fully saturated rings. The lowest BCUT2D eigenvalue weighted by molar-refractivity contribution is 0.291. The molecule has 0 aromatic carbocycles. The quantitative estimate of drug-likeness (QED) is 0.793. The van der Waals surface area contributed by atoms with Gasteiger partial charge < -0.3 is 5.32 Å². The van der Waals surface area contributed by atoms with E-state index in [-0.39, 0.29) is 0 Å². The molecule has 1 saturated carbocycles. The van der Waals surface area contributed by atoms with Gasteiger partial charge in [0.05, 0.1) is 16.4 Å². The van der Waals surface area contributed by atoms with Crippen LogP contribution in [0.4, 0.5) is 0 Å². The maximum absolute atomic E-state index is 6.29. The van der Waals surface area contributed by atoms with Crippen molar-refractivity contribution in [3.8, 4) is 0 Å². The second kappa shape index (κ2) is 5.87. The van der Waals surface area contributed by atoms with Crippen molar-refractivity contribution in [1.29, 1.82) is 0 Å². The van der Waals surface area contributed by atoms with Crippen LogP contribution in [0.5, 0.6) is 0 Å². The van der Waals surface area contributed by atoms with Crippen molar-refractivity contribution in [2.45, 2.75) is 45.6 Å². The van der Waals surface area contributed by atoms with Crippen molar-refractivity contribution >= 4 is 11.6 Å². The fourth-order valence-electron chi connectivity index (χ4n) is 2.31. The molecule has 0 aliphatic heterocycles. The van der Waals surface area contributed by atoms with Crippen LogP contribution in [0, 0.1) is 5.92 Å². The van der Waals surface area contributed by atoms with Gasteiger partial charge in [-0.3, -0.25) is 4.68 Å². The first-order chi connectivity index (χ1) is 8.22. The molecular weight excluding hydrogens is 234 g/mol. The molecule has 0 bridgehead atoms. The van der Waals surface area contributed by atoms with Gasteiger partial charge in [0.25, 0.3) is 0 Å². The Hall–Kier alpha value is -0.540. The first-order valence-corrected chi connectivity index (χ1v) is 7.01. The molecule has 1 aliphatic rings. The van der Waals surface area contributed by atoms with Crippen LogP contribution >= 0.6 is 11.6 Å². The summed E-state index contributed by atoms with van der Waals surface area (Å²) >= 11 is 6.29. The van der Waals surface area contributed by atoms with Crippen LogP contribution in [-0.4, -0.2) is 16.3 Å². The summed E-state index contributed by atoms with van der Waals surface area (Å²) in [6.45, 7) is 4.00. The predicted octanol–water partition coefficient (Wildman–Crippen LogP) is 2.92. The number of halogens is 1. The van der Waals surface area contributed by atoms with Crippen molar-refractivity contribution in [1.82, 2.24) is 15.1 Å². The lowest BCUT2D eigenvalue weighted by atomic mass is 9.83. The molecule has 0 spiro atoms. The Kier molecular flexibility index (Phi) is 4.46. The average molecular weight is 256 g/mol. The first-order valence-electron chi connectivity index (χ1n) is 6.63. The normalized spacial score (nSPS) is 16.2. The van der Waals surface area contributed by atoms with E-state index in [2.05, 4.69) is 17.3 Å². The molecule has 17 heavy (non-hydrogen) atoms. The average Bonchev–Trinajstić information content (AvgIpc) is 2.52. The number of rotatable bonds is 6. The van der Waals surface area contributed by atoms with Gasteiger partial charge in [-0.15, -0.1) is 0 Å². The minimum atomic E-state index is 0.828. The van der Waals surface area contributed by atoms with E-state index < -0.39 is 0 Å². The van der Waals surface area contributed by atoms with Gasteiger partial charge in [-0.2, -0.15) is 5.10 Å². The van der Waals surface area contributed by atoms with Crippen molar-refractivity contribution in [3.63, 3.8) is 0 Å². The Bertz CT molecular complexity index is 369. The van der Waals surface area contributed by atoms with Crippen molar-refractivity contribution in [3.05, 3.63) is 16.4 Å². The Labute approximate surface area is 109 Å². The minimum Gasteiger partial charge on any atom is -0.311 e. The maximum atomic E-state index is 6.29. The lowest BCUT2D eigenvalue weighted by Gasteiger charge is -2.25. The van der Waals surface area contributed by atoms with Crippen LogP contribution in [-0.2, 0) is 20.0 Å². The molecule has 96 valence electrons. The number of hydrogen-bond acceptors (Lipinski definition) is 2. The molecule has 1 aliphatic carbocycles. The number of nitrogens with one attached hydrogen (secondary N) is 1. The van der Waals surface area contributed by atoms with Crippen molar-refractivity contribution < 1.29 is 0 Å². The van der Waals surface area contributed by atoms with Gasteiger partial charge in [-0.25, -0.2) is 0 Å². The first kappa shape index (κ1) is 12.9. The van der Waals surface area contributed by atoms with Crippen LogP contribution < -0.4 is 5.32 Å². The van der Waals surface area contributed by atoms with Gasteiger partial charge in [0.15, 0.2) is 0 Å². The summed E-state index contributed by atoms with van der Waals surface area (Å²) in [5.74, 6) is 0.968. The van der Waals surface area contributed by atoms with E-state index in [1.165, 1.54) is 25.7 Å². The van der Waals surface area contributed by atoms with E-state index in [9.17, 15) is 0 Å². The molecule has 1 aromatic heterocycles. The van der Waals surface area contributed by atoms with Crippen molar-refractivity contribution in [2.75, 3.05) is 6.54 Å². The summed E-state index contributed by atoms with van der Waals surface area (Å²) in [6.07, 6.45) is 6.48. The molecular formula is C13H22ClN3. The third-order valence-corrected chi connectivity index (χ3v) is 4.19. The fourth-order valence-corrected chi connectivity index (χ4v) is 2.67. The molecule has 1 aromatic rings. The molecule has 0 atom stereocenters. The standard InChI is InChI=1S/C13H22ClN3/c1-3-11-13(14)12(17(2)16-11)9-15-8-7-10-5-4-6-10/h10,15H,3-9H2,1-2H3. The summed E-state index contributed by atoms with van der Waals surface area (Å²) < 4.78 is 1.90. The number of nitrogens with zero attached hydrogens (tertiary/aromatic N) is 2. The largest absolute Gasteiger partial charge is 0.311 e. The summed E-state index contributed by atoms with van der Waals surface area (Å²) in [5.41, 5.74) is 2.11. The molecule has 0 unspecified atom stereocenters. The number of hydrogen-bond donors (Lipinski definition) is 1. The monoisotopic (exact) mass is 255 g/mol. The maximum Gasteiger partial charge on any atom is 0.0863 e. The Morgan fingerprint density at radius 1 is 1.47 bits per heavy atom. The van der Waals surface area contributed by atoms with E-state index in [0.29, 0.717) is 0 Å². The van der Waals surface area contributed by atoms with E-state index in [1.54, 1.807) is 0 Å². The smallest absolute Gasteiger partial charge is 0.0863 e. The molecule has 1 N–H and O–H groups in total.